The van der Waals surface area contributed by atoms with Gasteiger partial charge in [0.2, 0.25) is 17.7 Å². The van der Waals surface area contributed by atoms with Gasteiger partial charge in [-0.1, -0.05) is 46.1 Å². The molecule has 1 aliphatic heterocycles. The lowest BCUT2D eigenvalue weighted by molar-refractivity contribution is -0.130. The van der Waals surface area contributed by atoms with Crippen LogP contribution in [0.3, 0.4) is 0 Å². The van der Waals surface area contributed by atoms with Gasteiger partial charge in [0, 0.05) is 35.6 Å². The molecule has 2 aromatic rings. The standard InChI is InChI=1S/C32H49N5O3S.3H2/c1-5-29(38)34-26(19-30-35-25-14-13-24(21(2)3)18-28(25)41-30)32(40)36-27(22-10-7-6-8-11-22)20-33-31(39)23-12-9-16-37(4)17-15-23;;;/h13-14,18,21-23,26-27H,5-12,15-17,19-20H2,1-4H3,(H,33,39)(H,34,38)(H,36,40);3*1H/t23?,26-,27+;;;/m0.../s1. The Bertz CT molecular complexity index is 1190. The van der Waals surface area contributed by atoms with E-state index in [2.05, 4.69) is 53.9 Å². The molecule has 9 heteroatoms. The number of carbonyl (C=O) groups excluding carboxylic acids is 3. The van der Waals surface area contributed by atoms with Crippen molar-refractivity contribution in [2.75, 3.05) is 26.7 Å². The summed E-state index contributed by atoms with van der Waals surface area (Å²) in [5.41, 5.74) is 2.18. The summed E-state index contributed by atoms with van der Waals surface area (Å²) in [6.45, 7) is 8.53. The molecule has 3 N–H and O–H groups in total. The maximum atomic E-state index is 13.8. The molecule has 1 saturated heterocycles. The zero-order chi connectivity index (χ0) is 29.4. The van der Waals surface area contributed by atoms with Crippen LogP contribution < -0.4 is 16.0 Å². The molecule has 0 spiro atoms. The Morgan fingerprint density at radius 3 is 2.56 bits per heavy atom. The number of nitrogens with one attached hydrogen (secondary N) is 3. The summed E-state index contributed by atoms with van der Waals surface area (Å²) in [5, 5.41) is 10.3. The molecule has 2 fully saturated rings. The Morgan fingerprint density at radius 1 is 1.05 bits per heavy atom. The Balaban J connectivity index is 0.00000323. The summed E-state index contributed by atoms with van der Waals surface area (Å²) in [6, 6.07) is 5.44. The van der Waals surface area contributed by atoms with Crippen molar-refractivity contribution in [3.8, 4) is 0 Å². The number of nitrogens with zero attached hydrogens (tertiary/aromatic N) is 2. The first-order chi connectivity index (χ1) is 19.7. The molecule has 41 heavy (non-hydrogen) atoms. The first-order valence-electron chi connectivity index (χ1n) is 15.7. The van der Waals surface area contributed by atoms with E-state index in [1.807, 2.05) is 6.07 Å². The van der Waals surface area contributed by atoms with Crippen molar-refractivity contribution in [1.29, 1.82) is 0 Å². The third-order valence-electron chi connectivity index (χ3n) is 8.84. The van der Waals surface area contributed by atoms with E-state index in [-0.39, 0.29) is 34.0 Å². The molecule has 3 amide bonds. The molecule has 1 aliphatic carbocycles. The zero-order valence-electron chi connectivity index (χ0n) is 25.3. The van der Waals surface area contributed by atoms with Gasteiger partial charge in [-0.25, -0.2) is 4.98 Å². The van der Waals surface area contributed by atoms with Gasteiger partial charge in [-0.05, 0) is 81.8 Å². The highest BCUT2D eigenvalue weighted by atomic mass is 32.1. The average molecular weight is 590 g/mol. The first kappa shape index (κ1) is 31.4. The maximum Gasteiger partial charge on any atom is 0.243 e. The molecule has 0 radical (unpaired) electrons. The van der Waals surface area contributed by atoms with Crippen LogP contribution in [0, 0.1) is 11.8 Å². The van der Waals surface area contributed by atoms with E-state index < -0.39 is 6.04 Å². The number of amides is 3. The Morgan fingerprint density at radius 2 is 1.83 bits per heavy atom. The van der Waals surface area contributed by atoms with Crippen LogP contribution in [0.25, 0.3) is 10.2 Å². The Hall–Kier alpha value is -2.52. The van der Waals surface area contributed by atoms with Crippen LogP contribution in [0.2, 0.25) is 0 Å². The van der Waals surface area contributed by atoms with Gasteiger partial charge in [0.15, 0.2) is 0 Å². The molecular formula is C32H55N5O3S. The van der Waals surface area contributed by atoms with Crippen LogP contribution in [0.1, 0.15) is 99.3 Å². The van der Waals surface area contributed by atoms with Crippen LogP contribution in [-0.2, 0) is 20.8 Å². The molecule has 2 aliphatic rings. The van der Waals surface area contributed by atoms with Crippen molar-refractivity contribution >= 4 is 39.3 Å². The molecule has 3 atom stereocenters. The van der Waals surface area contributed by atoms with Gasteiger partial charge in [-0.3, -0.25) is 14.4 Å². The largest absolute Gasteiger partial charge is 0.354 e. The second-order valence-electron chi connectivity index (χ2n) is 12.4. The molecule has 1 aromatic heterocycles. The summed E-state index contributed by atoms with van der Waals surface area (Å²) in [4.78, 5) is 46.5. The second-order valence-corrected chi connectivity index (χ2v) is 13.5. The monoisotopic (exact) mass is 589 g/mol. The van der Waals surface area contributed by atoms with E-state index in [9.17, 15) is 14.4 Å². The second kappa shape index (κ2) is 15.1. The van der Waals surface area contributed by atoms with Crippen molar-refractivity contribution in [1.82, 2.24) is 25.8 Å². The number of likely N-dealkylation sites (tertiary alicyclic amines) is 1. The third-order valence-corrected chi connectivity index (χ3v) is 9.88. The lowest BCUT2D eigenvalue weighted by Gasteiger charge is -2.32. The molecule has 1 unspecified atom stereocenters. The fraction of sp³-hybridized carbons (Fsp3) is 0.688. The minimum atomic E-state index is -0.716. The predicted molar refractivity (Wildman–Crippen MR) is 172 cm³/mol. The van der Waals surface area contributed by atoms with Crippen molar-refractivity contribution in [3.63, 3.8) is 0 Å². The van der Waals surface area contributed by atoms with Gasteiger partial charge >= 0.3 is 0 Å². The highest BCUT2D eigenvalue weighted by Crippen LogP contribution is 2.28. The van der Waals surface area contributed by atoms with E-state index >= 15 is 0 Å². The topological polar surface area (TPSA) is 103 Å². The number of hydrogen-bond donors (Lipinski definition) is 3. The van der Waals surface area contributed by atoms with Gasteiger partial charge in [-0.2, -0.15) is 0 Å². The summed E-state index contributed by atoms with van der Waals surface area (Å²) >= 11 is 1.59. The number of rotatable bonds is 11. The van der Waals surface area contributed by atoms with Gasteiger partial charge in [0.05, 0.1) is 15.2 Å². The molecular weight excluding hydrogens is 534 g/mol. The van der Waals surface area contributed by atoms with Gasteiger partial charge in [0.25, 0.3) is 0 Å². The number of thiazole rings is 1. The van der Waals surface area contributed by atoms with E-state index in [1.54, 1.807) is 18.3 Å². The first-order valence-corrected chi connectivity index (χ1v) is 16.5. The molecule has 4 rings (SSSR count). The summed E-state index contributed by atoms with van der Waals surface area (Å²) in [7, 11) is 2.11. The van der Waals surface area contributed by atoms with E-state index in [1.165, 1.54) is 12.0 Å². The maximum absolute atomic E-state index is 13.8. The normalized spacial score (nSPS) is 20.4. The average Bonchev–Trinajstić information content (AvgIpc) is 3.25. The minimum Gasteiger partial charge on any atom is -0.354 e. The Labute approximate surface area is 253 Å². The molecule has 2 heterocycles. The van der Waals surface area contributed by atoms with Crippen molar-refractivity contribution in [2.24, 2.45) is 11.8 Å². The lowest BCUT2D eigenvalue weighted by atomic mass is 9.83. The molecule has 1 aromatic carbocycles. The van der Waals surface area contributed by atoms with Gasteiger partial charge in [0.1, 0.15) is 6.04 Å². The Kier molecular flexibility index (Phi) is 11.6. The molecule has 0 bridgehead atoms. The number of fused-ring (bicyclic) bond motifs is 1. The number of hydrogen-bond acceptors (Lipinski definition) is 6. The smallest absolute Gasteiger partial charge is 0.243 e. The van der Waals surface area contributed by atoms with E-state index in [4.69, 9.17) is 4.98 Å². The third kappa shape index (κ3) is 8.98. The van der Waals surface area contributed by atoms with Crippen LogP contribution in [-0.4, -0.2) is 66.4 Å². The lowest BCUT2D eigenvalue weighted by Crippen LogP contribution is -2.55. The predicted octanol–water partition coefficient (Wildman–Crippen LogP) is 5.51. The van der Waals surface area contributed by atoms with Crippen LogP contribution in [0.5, 0.6) is 0 Å². The van der Waals surface area contributed by atoms with Crippen molar-refractivity contribution in [3.05, 3.63) is 28.8 Å². The quantitative estimate of drug-likeness (QED) is 0.321. The van der Waals surface area contributed by atoms with Gasteiger partial charge in [-0.15, -0.1) is 11.3 Å². The van der Waals surface area contributed by atoms with Crippen LogP contribution >= 0.6 is 11.3 Å². The summed E-state index contributed by atoms with van der Waals surface area (Å²) < 4.78 is 1.10. The van der Waals surface area contributed by atoms with Crippen LogP contribution in [0.4, 0.5) is 0 Å². The molecule has 1 saturated carbocycles. The highest BCUT2D eigenvalue weighted by molar-refractivity contribution is 7.18. The van der Waals surface area contributed by atoms with Crippen molar-refractivity contribution in [2.45, 2.75) is 103 Å². The number of aromatic nitrogens is 1. The summed E-state index contributed by atoms with van der Waals surface area (Å²) in [5.74, 6) is 0.501. The summed E-state index contributed by atoms with van der Waals surface area (Å²) in [6.07, 6.45) is 9.02. The van der Waals surface area contributed by atoms with E-state index in [0.29, 0.717) is 31.2 Å². The highest BCUT2D eigenvalue weighted by Gasteiger charge is 2.31. The fourth-order valence-electron chi connectivity index (χ4n) is 6.13. The van der Waals surface area contributed by atoms with Crippen molar-refractivity contribution < 1.29 is 18.7 Å². The minimum absolute atomic E-state index is 0. The zero-order valence-corrected chi connectivity index (χ0v) is 26.2. The SMILES string of the molecule is CCC(=O)N[C@@H](Cc1nc2ccc(C(C)C)cc2s1)C(=O)N[C@H](CNC(=O)C1CCCN(C)CC1)C1CCCCC1.[HH].[HH].[HH]. The fourth-order valence-corrected chi connectivity index (χ4v) is 7.19. The molecule has 8 nitrogen and oxygen atoms in total. The number of carbonyl (C=O) groups is 3. The van der Waals surface area contributed by atoms with Gasteiger partial charge < -0.3 is 20.9 Å². The number of benzene rings is 1. The molecule has 232 valence electrons. The van der Waals surface area contributed by atoms with Crippen LogP contribution in [0.15, 0.2) is 18.2 Å². The van der Waals surface area contributed by atoms with E-state index in [0.717, 1.165) is 73.3 Å².